The molecule has 0 aliphatic heterocycles. The highest BCUT2D eigenvalue weighted by molar-refractivity contribution is 5.85. The lowest BCUT2D eigenvalue weighted by Gasteiger charge is -2.15. The molecular weight excluding hydrogens is 247 g/mol. The van der Waals surface area contributed by atoms with Gasteiger partial charge in [-0.1, -0.05) is 0 Å². The van der Waals surface area contributed by atoms with E-state index in [0.29, 0.717) is 30.0 Å². The highest BCUT2D eigenvalue weighted by Gasteiger charge is 2.15. The maximum absolute atomic E-state index is 13.7. The van der Waals surface area contributed by atoms with Crippen molar-refractivity contribution < 1.29 is 13.9 Å². The van der Waals surface area contributed by atoms with Crippen molar-refractivity contribution in [1.82, 2.24) is 0 Å². The number of methoxy groups -OCH3 is 2. The van der Waals surface area contributed by atoms with Gasteiger partial charge in [0.05, 0.1) is 14.2 Å². The first kappa shape index (κ1) is 16.0. The number of ether oxygens (including phenoxy) is 2. The van der Waals surface area contributed by atoms with Crippen molar-refractivity contribution >= 4 is 12.4 Å². The van der Waals surface area contributed by atoms with Crippen LogP contribution in [0.3, 0.4) is 0 Å². The fraction of sp³-hybridized carbons (Fsp3) is 0.455. The Balaban J connectivity index is 0.00000256. The third kappa shape index (κ3) is 3.73. The number of halogens is 2. The Hall–Kier alpha value is -1.04. The molecule has 0 amide bonds. The minimum Gasteiger partial charge on any atom is -0.493 e. The molecule has 0 radical (unpaired) electrons. The van der Waals surface area contributed by atoms with Gasteiger partial charge in [0, 0.05) is 17.7 Å². The first-order valence-corrected chi connectivity index (χ1v) is 5.01. The second-order valence-electron chi connectivity index (χ2n) is 3.41. The summed E-state index contributed by atoms with van der Waals surface area (Å²) in [6, 6.07) is 2.39. The number of hydrogen-bond acceptors (Lipinski definition) is 4. The molecule has 17 heavy (non-hydrogen) atoms. The monoisotopic (exact) mass is 264 g/mol. The Morgan fingerprint density at radius 2 is 1.76 bits per heavy atom. The van der Waals surface area contributed by atoms with Gasteiger partial charge in [0.15, 0.2) is 11.5 Å². The lowest BCUT2D eigenvalue weighted by Crippen LogP contribution is -2.16. The molecule has 6 heteroatoms. The highest BCUT2D eigenvalue weighted by atomic mass is 35.5. The number of nitrogens with two attached hydrogens (primary N) is 2. The van der Waals surface area contributed by atoms with Gasteiger partial charge in [0.25, 0.3) is 0 Å². The Kier molecular flexibility index (Phi) is 6.87. The summed E-state index contributed by atoms with van der Waals surface area (Å²) < 4.78 is 23.7. The Morgan fingerprint density at radius 3 is 2.24 bits per heavy atom. The Morgan fingerprint density at radius 1 is 1.24 bits per heavy atom. The van der Waals surface area contributed by atoms with Crippen LogP contribution in [0.4, 0.5) is 4.39 Å². The van der Waals surface area contributed by atoms with Crippen LogP contribution >= 0.6 is 12.4 Å². The fourth-order valence-electron chi connectivity index (χ4n) is 1.49. The molecule has 0 bridgehead atoms. The third-order valence-electron chi connectivity index (χ3n) is 2.38. The summed E-state index contributed by atoms with van der Waals surface area (Å²) in [5, 5.41) is 0. The topological polar surface area (TPSA) is 70.5 Å². The SMILES string of the molecule is COc1cc(F)c([C@@H](N)CCN)cc1OC.Cl. The summed E-state index contributed by atoms with van der Waals surface area (Å²) in [6.45, 7) is 0.412. The molecular formula is C11H18ClFN2O2. The van der Waals surface area contributed by atoms with Crippen LogP contribution in [0.1, 0.15) is 18.0 Å². The van der Waals surface area contributed by atoms with Crippen LogP contribution in [-0.4, -0.2) is 20.8 Å². The van der Waals surface area contributed by atoms with E-state index in [0.717, 1.165) is 0 Å². The van der Waals surface area contributed by atoms with Gasteiger partial charge in [0.2, 0.25) is 0 Å². The van der Waals surface area contributed by atoms with Crippen LogP contribution in [0, 0.1) is 5.82 Å². The van der Waals surface area contributed by atoms with E-state index in [9.17, 15) is 4.39 Å². The van der Waals surface area contributed by atoms with Crippen molar-refractivity contribution in [1.29, 1.82) is 0 Å². The van der Waals surface area contributed by atoms with Gasteiger partial charge < -0.3 is 20.9 Å². The molecule has 1 aromatic carbocycles. The van der Waals surface area contributed by atoms with Crippen molar-refractivity contribution in [3.8, 4) is 11.5 Å². The van der Waals surface area contributed by atoms with Crippen molar-refractivity contribution in [2.75, 3.05) is 20.8 Å². The zero-order valence-electron chi connectivity index (χ0n) is 9.90. The van der Waals surface area contributed by atoms with Crippen LogP contribution in [0.15, 0.2) is 12.1 Å². The molecule has 0 saturated heterocycles. The van der Waals surface area contributed by atoms with E-state index in [1.54, 1.807) is 6.07 Å². The largest absolute Gasteiger partial charge is 0.493 e. The van der Waals surface area contributed by atoms with E-state index in [-0.39, 0.29) is 12.4 Å². The normalized spacial score (nSPS) is 11.6. The molecule has 0 unspecified atom stereocenters. The maximum atomic E-state index is 13.7. The lowest BCUT2D eigenvalue weighted by molar-refractivity contribution is 0.351. The van der Waals surface area contributed by atoms with Gasteiger partial charge in [0.1, 0.15) is 5.82 Å². The maximum Gasteiger partial charge on any atom is 0.163 e. The number of benzene rings is 1. The molecule has 0 heterocycles. The van der Waals surface area contributed by atoms with E-state index >= 15 is 0 Å². The van der Waals surface area contributed by atoms with Gasteiger partial charge in [-0.15, -0.1) is 12.4 Å². The second-order valence-corrected chi connectivity index (χ2v) is 3.41. The highest BCUT2D eigenvalue weighted by Crippen LogP contribution is 2.32. The van der Waals surface area contributed by atoms with Gasteiger partial charge in [-0.25, -0.2) is 4.39 Å². The molecule has 0 saturated carbocycles. The lowest BCUT2D eigenvalue weighted by atomic mass is 10.0. The summed E-state index contributed by atoms with van der Waals surface area (Å²) in [5.74, 6) is 0.411. The summed E-state index contributed by atoms with van der Waals surface area (Å²) in [7, 11) is 2.95. The zero-order chi connectivity index (χ0) is 12.1. The first-order valence-electron chi connectivity index (χ1n) is 5.01. The molecule has 4 N–H and O–H groups in total. The molecule has 1 rings (SSSR count). The molecule has 0 aromatic heterocycles. The van der Waals surface area contributed by atoms with Gasteiger partial charge in [-0.2, -0.15) is 0 Å². The summed E-state index contributed by atoms with van der Waals surface area (Å²) in [6.07, 6.45) is 0.520. The fourth-order valence-corrected chi connectivity index (χ4v) is 1.49. The average Bonchev–Trinajstić information content (AvgIpc) is 2.28. The predicted molar refractivity (Wildman–Crippen MR) is 67.4 cm³/mol. The summed E-state index contributed by atoms with van der Waals surface area (Å²) in [5.41, 5.74) is 11.6. The van der Waals surface area contributed by atoms with Crippen molar-refractivity contribution in [3.05, 3.63) is 23.5 Å². The van der Waals surface area contributed by atoms with Crippen molar-refractivity contribution in [2.45, 2.75) is 12.5 Å². The summed E-state index contributed by atoms with van der Waals surface area (Å²) >= 11 is 0. The van der Waals surface area contributed by atoms with E-state index in [1.807, 2.05) is 0 Å². The van der Waals surface area contributed by atoms with Crippen LogP contribution < -0.4 is 20.9 Å². The third-order valence-corrected chi connectivity index (χ3v) is 2.38. The minimum atomic E-state index is -0.426. The quantitative estimate of drug-likeness (QED) is 0.848. The Labute approximate surface area is 106 Å². The van der Waals surface area contributed by atoms with Crippen LogP contribution in [0.5, 0.6) is 11.5 Å². The van der Waals surface area contributed by atoms with Crippen LogP contribution in [-0.2, 0) is 0 Å². The van der Waals surface area contributed by atoms with E-state index in [4.69, 9.17) is 20.9 Å². The minimum absolute atomic E-state index is 0. The van der Waals surface area contributed by atoms with Gasteiger partial charge in [-0.3, -0.25) is 0 Å². The standard InChI is InChI=1S/C11H17FN2O2.ClH/c1-15-10-5-7(9(14)3-4-13)8(12)6-11(10)16-2;/h5-6,9H,3-4,13-14H2,1-2H3;1H/t9-;/m0./s1. The number of rotatable bonds is 5. The molecule has 0 spiro atoms. The molecule has 1 aromatic rings. The van der Waals surface area contributed by atoms with Crippen molar-refractivity contribution in [3.63, 3.8) is 0 Å². The van der Waals surface area contributed by atoms with E-state index in [2.05, 4.69) is 0 Å². The smallest absolute Gasteiger partial charge is 0.163 e. The zero-order valence-corrected chi connectivity index (χ0v) is 10.7. The summed E-state index contributed by atoms with van der Waals surface area (Å²) in [4.78, 5) is 0. The number of hydrogen-bond donors (Lipinski definition) is 2. The van der Waals surface area contributed by atoms with Crippen LogP contribution in [0.25, 0.3) is 0 Å². The second kappa shape index (κ2) is 7.32. The van der Waals surface area contributed by atoms with Crippen molar-refractivity contribution in [2.24, 2.45) is 11.5 Å². The molecule has 0 aliphatic rings. The van der Waals surface area contributed by atoms with E-state index < -0.39 is 11.9 Å². The predicted octanol–water partition coefficient (Wildman–Crippen LogP) is 1.61. The molecule has 1 atom stereocenters. The Bertz CT molecular complexity index is 364. The molecule has 98 valence electrons. The molecule has 0 aliphatic carbocycles. The average molecular weight is 265 g/mol. The van der Waals surface area contributed by atoms with Crippen LogP contribution in [0.2, 0.25) is 0 Å². The molecule has 4 nitrogen and oxygen atoms in total. The van der Waals surface area contributed by atoms with E-state index in [1.165, 1.54) is 20.3 Å². The van der Waals surface area contributed by atoms with Gasteiger partial charge >= 0.3 is 0 Å². The van der Waals surface area contributed by atoms with Gasteiger partial charge in [-0.05, 0) is 19.0 Å². The first-order chi connectivity index (χ1) is 7.63. The molecule has 0 fully saturated rings.